The van der Waals surface area contributed by atoms with E-state index in [1.807, 2.05) is 36.9 Å². The number of hydrogen-bond donors (Lipinski definition) is 3. The third-order valence-electron chi connectivity index (χ3n) is 5.24. The Hall–Kier alpha value is -3.78. The number of hydrogen-bond acceptors (Lipinski definition) is 5. The molecule has 0 fully saturated rings. The molecule has 1 amide bonds. The maximum absolute atomic E-state index is 13.4. The molecule has 4 aromatic rings. The number of aliphatic hydroxyl groups is 1. The van der Waals surface area contributed by atoms with E-state index in [0.717, 1.165) is 33.8 Å². The molecule has 8 heteroatoms. The Morgan fingerprint density at radius 1 is 1.23 bits per heavy atom. The molecule has 4 rings (SSSR count). The van der Waals surface area contributed by atoms with E-state index < -0.39 is 17.8 Å². The highest BCUT2D eigenvalue weighted by molar-refractivity contribution is 6.02. The quantitative estimate of drug-likeness (QED) is 0.458. The number of amides is 1. The van der Waals surface area contributed by atoms with Crippen LogP contribution in [0, 0.1) is 5.82 Å². The number of aliphatic hydroxyl groups excluding tert-OH is 1. The first-order chi connectivity index (χ1) is 14.9. The molecule has 7 nitrogen and oxygen atoms in total. The van der Waals surface area contributed by atoms with Crippen LogP contribution in [0.4, 0.5) is 15.9 Å². The number of aromatic nitrogens is 3. The summed E-state index contributed by atoms with van der Waals surface area (Å²) in [5, 5.41) is 13.8. The van der Waals surface area contributed by atoms with Crippen molar-refractivity contribution in [3.05, 3.63) is 71.9 Å². The van der Waals surface area contributed by atoms with Gasteiger partial charge in [0.2, 0.25) is 0 Å². The highest BCUT2D eigenvalue weighted by atomic mass is 19.1. The van der Waals surface area contributed by atoms with Crippen molar-refractivity contribution in [2.45, 2.75) is 19.4 Å². The van der Waals surface area contributed by atoms with Gasteiger partial charge in [-0.25, -0.2) is 14.4 Å². The van der Waals surface area contributed by atoms with E-state index in [9.17, 15) is 14.3 Å². The predicted octanol–water partition coefficient (Wildman–Crippen LogP) is 3.59. The van der Waals surface area contributed by atoms with Crippen LogP contribution in [0.5, 0.6) is 0 Å². The highest BCUT2D eigenvalue weighted by Gasteiger charge is 2.20. The number of carbonyl (C=O) groups is 1. The van der Waals surface area contributed by atoms with Gasteiger partial charge in [-0.1, -0.05) is 25.1 Å². The van der Waals surface area contributed by atoms with E-state index in [2.05, 4.69) is 15.3 Å². The number of aryl methyl sites for hydroxylation is 2. The number of nitrogens with zero attached hydrogens (tertiary/aromatic N) is 3. The highest BCUT2D eigenvalue weighted by Crippen LogP contribution is 2.35. The summed E-state index contributed by atoms with van der Waals surface area (Å²) in [7, 11) is 1.90. The second kappa shape index (κ2) is 8.16. The van der Waals surface area contributed by atoms with Gasteiger partial charge in [0.1, 0.15) is 23.6 Å². The Morgan fingerprint density at radius 3 is 2.77 bits per heavy atom. The maximum atomic E-state index is 13.4. The summed E-state index contributed by atoms with van der Waals surface area (Å²) < 4.78 is 15.3. The largest absolute Gasteiger partial charge is 0.383 e. The van der Waals surface area contributed by atoms with Crippen LogP contribution in [0.1, 0.15) is 24.2 Å². The molecule has 0 unspecified atom stereocenters. The van der Waals surface area contributed by atoms with Crippen LogP contribution in [-0.4, -0.2) is 25.5 Å². The Bertz CT molecular complexity index is 1280. The molecule has 0 aliphatic heterocycles. The Labute approximate surface area is 178 Å². The molecule has 31 heavy (non-hydrogen) atoms. The first-order valence-corrected chi connectivity index (χ1v) is 9.82. The van der Waals surface area contributed by atoms with Crippen molar-refractivity contribution in [1.29, 1.82) is 0 Å². The van der Waals surface area contributed by atoms with Gasteiger partial charge in [-0.15, -0.1) is 0 Å². The van der Waals surface area contributed by atoms with Gasteiger partial charge in [0.25, 0.3) is 5.91 Å². The minimum absolute atomic E-state index is 0.191. The lowest BCUT2D eigenvalue weighted by Crippen LogP contribution is -2.21. The Kier molecular flexibility index (Phi) is 5.39. The van der Waals surface area contributed by atoms with Crippen molar-refractivity contribution in [2.75, 3.05) is 11.1 Å². The molecule has 1 atom stereocenters. The van der Waals surface area contributed by atoms with E-state index in [0.29, 0.717) is 17.9 Å². The number of anilines is 2. The van der Waals surface area contributed by atoms with Crippen LogP contribution in [0.25, 0.3) is 22.2 Å². The second-order valence-corrected chi connectivity index (χ2v) is 7.28. The number of carbonyl (C=O) groups excluding carboxylic acids is 1. The van der Waals surface area contributed by atoms with E-state index >= 15 is 0 Å². The molecular weight excluding hydrogens is 397 g/mol. The van der Waals surface area contributed by atoms with Gasteiger partial charge in [-0.3, -0.25) is 4.79 Å². The van der Waals surface area contributed by atoms with Crippen LogP contribution in [0.3, 0.4) is 0 Å². The number of rotatable bonds is 5. The van der Waals surface area contributed by atoms with Crippen LogP contribution in [0.2, 0.25) is 0 Å². The van der Waals surface area contributed by atoms with E-state index in [-0.39, 0.29) is 5.56 Å². The number of benzene rings is 2. The van der Waals surface area contributed by atoms with Crippen molar-refractivity contribution in [3.63, 3.8) is 0 Å². The second-order valence-electron chi connectivity index (χ2n) is 7.28. The lowest BCUT2D eigenvalue weighted by molar-refractivity contribution is -0.124. The normalized spacial score (nSPS) is 12.1. The summed E-state index contributed by atoms with van der Waals surface area (Å²) in [4.78, 5) is 20.9. The van der Waals surface area contributed by atoms with Crippen molar-refractivity contribution in [3.8, 4) is 11.1 Å². The fraction of sp³-hybridized carbons (Fsp3) is 0.174. The van der Waals surface area contributed by atoms with Gasteiger partial charge in [-0.05, 0) is 47.4 Å². The minimum atomic E-state index is -1.48. The summed E-state index contributed by atoms with van der Waals surface area (Å²) in [6, 6.07) is 10.8. The van der Waals surface area contributed by atoms with Gasteiger partial charge >= 0.3 is 0 Å². The van der Waals surface area contributed by atoms with Crippen LogP contribution < -0.4 is 11.1 Å². The number of halogens is 1. The third-order valence-corrected chi connectivity index (χ3v) is 5.24. The van der Waals surface area contributed by atoms with Gasteiger partial charge in [-0.2, -0.15) is 0 Å². The average Bonchev–Trinajstić information content (AvgIpc) is 3.10. The molecular formula is C23H22FN5O2. The molecule has 2 heterocycles. The minimum Gasteiger partial charge on any atom is -0.383 e. The molecule has 2 aromatic carbocycles. The van der Waals surface area contributed by atoms with Crippen LogP contribution in [0.15, 0.2) is 55.0 Å². The zero-order chi connectivity index (χ0) is 22.1. The first-order valence-electron chi connectivity index (χ1n) is 9.82. The zero-order valence-corrected chi connectivity index (χ0v) is 17.1. The Morgan fingerprint density at radius 2 is 2.03 bits per heavy atom. The summed E-state index contributed by atoms with van der Waals surface area (Å²) >= 11 is 0. The molecule has 4 N–H and O–H groups in total. The smallest absolute Gasteiger partial charge is 0.257 e. The topological polar surface area (TPSA) is 106 Å². The Balaban J connectivity index is 1.66. The first kappa shape index (κ1) is 20.5. The molecule has 0 saturated carbocycles. The molecule has 0 spiro atoms. The number of nitrogens with one attached hydrogen (secondary N) is 1. The van der Waals surface area contributed by atoms with E-state index in [4.69, 9.17) is 5.73 Å². The molecule has 158 valence electrons. The zero-order valence-electron chi connectivity index (χ0n) is 17.1. The third kappa shape index (κ3) is 3.85. The van der Waals surface area contributed by atoms with Crippen molar-refractivity contribution < 1.29 is 14.3 Å². The average molecular weight is 419 g/mol. The summed E-state index contributed by atoms with van der Waals surface area (Å²) in [6.45, 7) is 2.01. The van der Waals surface area contributed by atoms with Crippen molar-refractivity contribution >= 4 is 28.4 Å². The molecule has 0 aliphatic rings. The van der Waals surface area contributed by atoms with E-state index in [1.54, 1.807) is 6.07 Å². The number of fused-ring (bicyclic) bond motifs is 1. The molecule has 2 aromatic heterocycles. The number of nitrogens with two attached hydrogens (primary N) is 1. The molecule has 0 bridgehead atoms. The summed E-state index contributed by atoms with van der Waals surface area (Å²) in [6.07, 6.45) is 2.62. The van der Waals surface area contributed by atoms with Crippen LogP contribution >= 0.6 is 0 Å². The van der Waals surface area contributed by atoms with Gasteiger partial charge in [0.05, 0.1) is 5.39 Å². The fourth-order valence-corrected chi connectivity index (χ4v) is 3.70. The number of nitrogen functional groups attached to an aromatic ring is 1. The SMILES string of the molecule is CCc1cc(NC(=O)[C@H](O)c2cccc(F)c2)ccc1-c1cn(C)c2ncnc(N)c12. The van der Waals surface area contributed by atoms with Gasteiger partial charge in [0, 0.05) is 24.5 Å². The molecule has 0 radical (unpaired) electrons. The van der Waals surface area contributed by atoms with Crippen molar-refractivity contribution in [2.24, 2.45) is 7.05 Å². The maximum Gasteiger partial charge on any atom is 0.257 e. The summed E-state index contributed by atoms with van der Waals surface area (Å²) in [5.74, 6) is -0.748. The lowest BCUT2D eigenvalue weighted by Gasteiger charge is -2.14. The van der Waals surface area contributed by atoms with Crippen LogP contribution in [-0.2, 0) is 18.3 Å². The van der Waals surface area contributed by atoms with Gasteiger partial charge in [0.15, 0.2) is 6.10 Å². The summed E-state index contributed by atoms with van der Waals surface area (Å²) in [5.41, 5.74) is 10.4. The molecule has 0 saturated heterocycles. The monoisotopic (exact) mass is 419 g/mol. The standard InChI is InChI=1S/C23H22FN5O2/c1-3-13-10-16(28-23(31)20(30)14-5-4-6-15(24)9-14)7-8-17(13)18-11-29(2)22-19(18)21(25)26-12-27-22/h4-12,20,30H,3H2,1-2H3,(H,28,31)(H2,25,26,27)/t20-/m1/s1. The predicted molar refractivity (Wildman–Crippen MR) is 118 cm³/mol. The van der Waals surface area contributed by atoms with Crippen molar-refractivity contribution in [1.82, 2.24) is 14.5 Å². The molecule has 0 aliphatic carbocycles. The lowest BCUT2D eigenvalue weighted by atomic mass is 9.97. The fourth-order valence-electron chi connectivity index (χ4n) is 3.70. The van der Waals surface area contributed by atoms with Gasteiger partial charge < -0.3 is 20.7 Å². The van der Waals surface area contributed by atoms with E-state index in [1.165, 1.54) is 24.5 Å².